The molecule has 4 heteroatoms. The van der Waals surface area contributed by atoms with Crippen molar-refractivity contribution in [3.8, 4) is 0 Å². The Balaban J connectivity index is 3.80. The summed E-state index contributed by atoms with van der Waals surface area (Å²) in [6.45, 7) is 8.74. The van der Waals surface area contributed by atoms with Crippen molar-refractivity contribution < 1.29 is 9.53 Å². The van der Waals surface area contributed by atoms with Crippen molar-refractivity contribution in [2.75, 3.05) is 13.2 Å². The summed E-state index contributed by atoms with van der Waals surface area (Å²) in [5.74, 6) is -0.0592. The number of carbonyl (C=O) groups is 1. The maximum Gasteiger partial charge on any atom is 0.232 e. The van der Waals surface area contributed by atoms with Crippen molar-refractivity contribution in [1.29, 1.82) is 0 Å². The molecule has 0 aromatic heterocycles. The van der Waals surface area contributed by atoms with Crippen molar-refractivity contribution in [3.63, 3.8) is 0 Å². The molecule has 1 N–H and O–H groups in total. The minimum absolute atomic E-state index is 0.0592. The van der Waals surface area contributed by atoms with Crippen LogP contribution in [0.1, 0.15) is 27.7 Å². The van der Waals surface area contributed by atoms with E-state index in [4.69, 9.17) is 4.74 Å². The highest BCUT2D eigenvalue weighted by molar-refractivity contribution is 7.81. The van der Waals surface area contributed by atoms with Crippen LogP contribution in [0.4, 0.5) is 0 Å². The van der Waals surface area contributed by atoms with Crippen LogP contribution in [0.25, 0.3) is 0 Å². The topological polar surface area (TPSA) is 38.3 Å². The van der Waals surface area contributed by atoms with Crippen LogP contribution in [0, 0.1) is 0 Å². The van der Waals surface area contributed by atoms with Gasteiger partial charge in [-0.25, -0.2) is 0 Å². The highest BCUT2D eigenvalue weighted by atomic mass is 32.1. The number of ether oxygens (including phenoxy) is 1. The molecular weight excluding hydrogens is 186 g/mol. The Morgan fingerprint density at radius 1 is 1.62 bits per heavy atom. The van der Waals surface area contributed by atoms with Crippen LogP contribution in [0.15, 0.2) is 0 Å². The van der Waals surface area contributed by atoms with Gasteiger partial charge in [-0.05, 0) is 27.7 Å². The molecule has 0 aliphatic heterocycles. The molecule has 0 aromatic carbocycles. The second kappa shape index (κ2) is 5.50. The second-order valence-electron chi connectivity index (χ2n) is 3.59. The van der Waals surface area contributed by atoms with E-state index in [9.17, 15) is 4.79 Å². The van der Waals surface area contributed by atoms with Crippen LogP contribution in [0.2, 0.25) is 0 Å². The van der Waals surface area contributed by atoms with Crippen molar-refractivity contribution in [2.24, 2.45) is 0 Å². The normalized spacial score (nSPS) is 13.9. The van der Waals surface area contributed by atoms with Gasteiger partial charge in [-0.15, -0.1) is 0 Å². The molecule has 0 bridgehead atoms. The van der Waals surface area contributed by atoms with Crippen molar-refractivity contribution in [3.05, 3.63) is 0 Å². The minimum Gasteiger partial charge on any atom is -0.374 e. The number of rotatable bonds is 5. The fraction of sp³-hybridized carbons (Fsp3) is 0.889. The number of hydrogen-bond donors (Lipinski definition) is 2. The Bertz CT molecular complexity index is 169. The number of carbonyl (C=O) groups excluding carboxylic acids is 1. The first-order valence-corrected chi connectivity index (χ1v) is 5.00. The summed E-state index contributed by atoms with van der Waals surface area (Å²) in [6.07, 6.45) is 0. The maximum atomic E-state index is 11.2. The zero-order chi connectivity index (χ0) is 10.5. The van der Waals surface area contributed by atoms with Crippen molar-refractivity contribution in [2.45, 2.75) is 38.5 Å². The molecule has 0 aromatic rings. The molecule has 0 heterocycles. The Morgan fingerprint density at radius 2 is 2.15 bits per heavy atom. The largest absolute Gasteiger partial charge is 0.374 e. The molecule has 1 atom stereocenters. The van der Waals surface area contributed by atoms with Crippen LogP contribution in [0.3, 0.4) is 0 Å². The zero-order valence-corrected chi connectivity index (χ0v) is 9.65. The van der Waals surface area contributed by atoms with Crippen LogP contribution in [0.5, 0.6) is 0 Å². The lowest BCUT2D eigenvalue weighted by Crippen LogP contribution is -2.42. The molecule has 1 unspecified atom stereocenters. The van der Waals surface area contributed by atoms with Crippen LogP contribution >= 0.6 is 12.6 Å². The van der Waals surface area contributed by atoms with Gasteiger partial charge in [0.25, 0.3) is 0 Å². The Kier molecular flexibility index (Phi) is 5.40. The van der Waals surface area contributed by atoms with E-state index < -0.39 is 0 Å². The quantitative estimate of drug-likeness (QED) is 0.663. The molecule has 0 saturated carbocycles. The number of amides is 1. The maximum absolute atomic E-state index is 11.2. The van der Waals surface area contributed by atoms with Crippen molar-refractivity contribution in [1.82, 2.24) is 5.32 Å². The van der Waals surface area contributed by atoms with E-state index in [1.54, 1.807) is 6.92 Å². The summed E-state index contributed by atoms with van der Waals surface area (Å²) in [5.41, 5.74) is -0.299. The fourth-order valence-corrected chi connectivity index (χ4v) is 0.981. The van der Waals surface area contributed by atoms with Crippen LogP contribution in [-0.4, -0.2) is 29.9 Å². The first-order valence-electron chi connectivity index (χ1n) is 4.49. The first-order chi connectivity index (χ1) is 5.89. The summed E-state index contributed by atoms with van der Waals surface area (Å²) in [4.78, 5) is 11.2. The number of thiol groups is 1. The van der Waals surface area contributed by atoms with Gasteiger partial charge in [0.15, 0.2) is 0 Å². The van der Waals surface area contributed by atoms with Gasteiger partial charge in [-0.3, -0.25) is 4.79 Å². The molecule has 0 fully saturated rings. The van der Waals surface area contributed by atoms with Gasteiger partial charge < -0.3 is 10.1 Å². The van der Waals surface area contributed by atoms with Gasteiger partial charge in [0.2, 0.25) is 5.91 Å². The standard InChI is InChI=1S/C9H19NO2S/c1-5-12-9(3,4)6-10-8(11)7(2)13/h7,13H,5-6H2,1-4H3,(H,10,11). The molecule has 0 spiro atoms. The average molecular weight is 205 g/mol. The van der Waals surface area contributed by atoms with E-state index in [1.165, 1.54) is 0 Å². The summed E-state index contributed by atoms with van der Waals surface area (Å²) >= 11 is 4.02. The monoisotopic (exact) mass is 205 g/mol. The van der Waals surface area contributed by atoms with Crippen LogP contribution in [-0.2, 0) is 9.53 Å². The summed E-state index contributed by atoms with van der Waals surface area (Å²) < 4.78 is 5.42. The van der Waals surface area contributed by atoms with E-state index in [0.29, 0.717) is 13.2 Å². The van der Waals surface area contributed by atoms with E-state index >= 15 is 0 Å². The van der Waals surface area contributed by atoms with E-state index in [0.717, 1.165) is 0 Å². The molecule has 0 rings (SSSR count). The highest BCUT2D eigenvalue weighted by Gasteiger charge is 2.19. The van der Waals surface area contributed by atoms with E-state index in [2.05, 4.69) is 17.9 Å². The third-order valence-corrected chi connectivity index (χ3v) is 1.84. The van der Waals surface area contributed by atoms with Gasteiger partial charge in [0.1, 0.15) is 0 Å². The highest BCUT2D eigenvalue weighted by Crippen LogP contribution is 2.07. The third-order valence-electron chi connectivity index (χ3n) is 1.60. The van der Waals surface area contributed by atoms with Gasteiger partial charge in [0.05, 0.1) is 10.9 Å². The van der Waals surface area contributed by atoms with Crippen molar-refractivity contribution >= 4 is 18.5 Å². The fourth-order valence-electron chi connectivity index (χ4n) is 0.889. The molecule has 0 radical (unpaired) electrons. The van der Waals surface area contributed by atoms with E-state index in [-0.39, 0.29) is 16.8 Å². The molecule has 78 valence electrons. The molecule has 0 saturated heterocycles. The number of hydrogen-bond acceptors (Lipinski definition) is 3. The molecule has 0 aliphatic rings. The summed E-state index contributed by atoms with van der Waals surface area (Å²) in [7, 11) is 0. The molecule has 0 aliphatic carbocycles. The lowest BCUT2D eigenvalue weighted by atomic mass is 10.1. The Hall–Kier alpha value is -0.220. The SMILES string of the molecule is CCOC(C)(C)CNC(=O)C(C)S. The van der Waals surface area contributed by atoms with Gasteiger partial charge in [0, 0.05) is 13.2 Å². The minimum atomic E-state index is -0.299. The Morgan fingerprint density at radius 3 is 2.54 bits per heavy atom. The zero-order valence-electron chi connectivity index (χ0n) is 8.76. The van der Waals surface area contributed by atoms with Gasteiger partial charge >= 0.3 is 0 Å². The predicted molar refractivity (Wildman–Crippen MR) is 57.2 cm³/mol. The summed E-state index contributed by atoms with van der Waals surface area (Å²) in [5, 5.41) is 2.50. The van der Waals surface area contributed by atoms with Gasteiger partial charge in [-0.1, -0.05) is 0 Å². The van der Waals surface area contributed by atoms with Gasteiger partial charge in [-0.2, -0.15) is 12.6 Å². The number of nitrogens with one attached hydrogen (secondary N) is 1. The lowest BCUT2D eigenvalue weighted by molar-refractivity contribution is -0.121. The molecule has 3 nitrogen and oxygen atoms in total. The smallest absolute Gasteiger partial charge is 0.232 e. The first kappa shape index (κ1) is 12.8. The average Bonchev–Trinajstić information content (AvgIpc) is 2.00. The summed E-state index contributed by atoms with van der Waals surface area (Å²) in [6, 6.07) is 0. The lowest BCUT2D eigenvalue weighted by Gasteiger charge is -2.25. The second-order valence-corrected chi connectivity index (χ2v) is 4.36. The van der Waals surface area contributed by atoms with Crippen LogP contribution < -0.4 is 5.32 Å². The molecule has 1 amide bonds. The molecule has 13 heavy (non-hydrogen) atoms. The molecular formula is C9H19NO2S. The Labute approximate surface area is 85.6 Å². The third kappa shape index (κ3) is 5.93. The predicted octanol–water partition coefficient (Wildman–Crippen LogP) is 1.24. The van der Waals surface area contributed by atoms with E-state index in [1.807, 2.05) is 20.8 Å².